The Morgan fingerprint density at radius 3 is 2.96 bits per heavy atom. The predicted octanol–water partition coefficient (Wildman–Crippen LogP) is 2.81. The van der Waals surface area contributed by atoms with Gasteiger partial charge in [-0.05, 0) is 43.9 Å². The van der Waals surface area contributed by atoms with Gasteiger partial charge >= 0.3 is 0 Å². The Bertz CT molecular complexity index is 683. The summed E-state index contributed by atoms with van der Waals surface area (Å²) in [5.41, 5.74) is 1.08. The number of hydrogen-bond donors (Lipinski definition) is 0. The summed E-state index contributed by atoms with van der Waals surface area (Å²) in [7, 11) is 0. The van der Waals surface area contributed by atoms with Gasteiger partial charge in [0.05, 0.1) is 19.1 Å². The van der Waals surface area contributed by atoms with Gasteiger partial charge in [0.25, 0.3) is 0 Å². The highest BCUT2D eigenvalue weighted by Crippen LogP contribution is 2.19. The molecule has 7 nitrogen and oxygen atoms in total. The fraction of sp³-hybridized carbons (Fsp3) is 0.632. The van der Waals surface area contributed by atoms with Gasteiger partial charge in [0.1, 0.15) is 0 Å². The lowest BCUT2D eigenvalue weighted by Gasteiger charge is -2.28. The molecule has 2 aromatic rings. The van der Waals surface area contributed by atoms with Crippen LogP contribution in [-0.2, 0) is 17.8 Å². The lowest BCUT2D eigenvalue weighted by Crippen LogP contribution is -2.37. The number of likely N-dealkylation sites (tertiary alicyclic amines) is 1. The minimum Gasteiger partial charge on any atom is -0.472 e. The molecule has 1 unspecified atom stereocenters. The van der Waals surface area contributed by atoms with Crippen LogP contribution in [0.15, 0.2) is 27.5 Å². The van der Waals surface area contributed by atoms with Gasteiger partial charge in [-0.1, -0.05) is 12.1 Å². The van der Waals surface area contributed by atoms with Gasteiger partial charge in [-0.25, -0.2) is 0 Å². The summed E-state index contributed by atoms with van der Waals surface area (Å²) in [4.78, 5) is 21.3. The third-order valence-corrected chi connectivity index (χ3v) is 5.09. The van der Waals surface area contributed by atoms with Crippen LogP contribution in [0.4, 0.5) is 0 Å². The molecule has 7 heteroatoms. The molecule has 0 saturated carbocycles. The van der Waals surface area contributed by atoms with E-state index >= 15 is 0 Å². The molecule has 1 aliphatic heterocycles. The van der Waals surface area contributed by atoms with Crippen molar-refractivity contribution in [3.63, 3.8) is 0 Å². The van der Waals surface area contributed by atoms with Crippen molar-refractivity contribution in [2.24, 2.45) is 0 Å². The third-order valence-electron chi connectivity index (χ3n) is 5.09. The van der Waals surface area contributed by atoms with Gasteiger partial charge < -0.3 is 13.8 Å². The highest BCUT2D eigenvalue weighted by atomic mass is 16.5. The summed E-state index contributed by atoms with van der Waals surface area (Å²) in [5, 5.41) is 4.01. The number of carbonyl (C=O) groups is 1. The topological polar surface area (TPSA) is 75.6 Å². The highest BCUT2D eigenvalue weighted by Gasteiger charge is 2.25. The molecule has 0 N–H and O–H groups in total. The first-order valence-electron chi connectivity index (χ1n) is 9.47. The second-order valence-corrected chi connectivity index (χ2v) is 6.89. The minimum absolute atomic E-state index is 0.240. The molecule has 1 saturated heterocycles. The zero-order chi connectivity index (χ0) is 18.4. The monoisotopic (exact) mass is 360 g/mol. The van der Waals surface area contributed by atoms with Crippen molar-refractivity contribution in [3.05, 3.63) is 35.9 Å². The van der Waals surface area contributed by atoms with E-state index in [0.29, 0.717) is 24.9 Å². The Balaban J connectivity index is 1.50. The quantitative estimate of drug-likeness (QED) is 0.756. The Kier molecular flexibility index (Phi) is 6.44. The van der Waals surface area contributed by atoms with E-state index in [2.05, 4.69) is 22.0 Å². The van der Waals surface area contributed by atoms with Crippen LogP contribution in [0.2, 0.25) is 0 Å². The molecule has 0 aliphatic carbocycles. The van der Waals surface area contributed by atoms with Crippen LogP contribution in [0, 0.1) is 6.92 Å². The number of aryl methyl sites for hydroxylation is 2. The summed E-state index contributed by atoms with van der Waals surface area (Å²) in [6.07, 6.45) is 7.77. The number of carbonyl (C=O) groups excluding carboxylic acids is 1. The van der Waals surface area contributed by atoms with Crippen LogP contribution in [0.3, 0.4) is 0 Å². The van der Waals surface area contributed by atoms with E-state index in [1.807, 2.05) is 17.9 Å². The summed E-state index contributed by atoms with van der Waals surface area (Å²) in [6, 6.07) is 2.37. The Labute approximate surface area is 154 Å². The first-order chi connectivity index (χ1) is 12.7. The molecule has 0 bridgehead atoms. The van der Waals surface area contributed by atoms with Gasteiger partial charge in [0.15, 0.2) is 5.82 Å². The molecule has 1 atom stereocenters. The summed E-state index contributed by atoms with van der Waals surface area (Å²) in [5.74, 6) is 1.58. The maximum Gasteiger partial charge on any atom is 0.223 e. The second kappa shape index (κ2) is 8.98. The molecule has 3 heterocycles. The maximum atomic E-state index is 12.5. The van der Waals surface area contributed by atoms with E-state index in [9.17, 15) is 4.79 Å². The number of amides is 1. The van der Waals surface area contributed by atoms with E-state index < -0.39 is 0 Å². The fourth-order valence-electron chi connectivity index (χ4n) is 3.62. The molecular formula is C19H28N4O3. The van der Waals surface area contributed by atoms with Crippen LogP contribution < -0.4 is 0 Å². The molecule has 142 valence electrons. The van der Waals surface area contributed by atoms with Crippen molar-refractivity contribution in [2.45, 2.75) is 58.5 Å². The second-order valence-electron chi connectivity index (χ2n) is 6.89. The molecule has 3 rings (SSSR count). The molecule has 0 radical (unpaired) electrons. The molecule has 1 aliphatic rings. The van der Waals surface area contributed by atoms with Crippen molar-refractivity contribution in [2.75, 3.05) is 19.6 Å². The third kappa shape index (κ3) is 4.94. The van der Waals surface area contributed by atoms with E-state index in [0.717, 1.165) is 56.7 Å². The number of hydrogen-bond acceptors (Lipinski definition) is 6. The Morgan fingerprint density at radius 1 is 1.38 bits per heavy atom. The smallest absolute Gasteiger partial charge is 0.223 e. The summed E-state index contributed by atoms with van der Waals surface area (Å²) in [6.45, 7) is 7.27. The average Bonchev–Trinajstić information content (AvgIpc) is 3.24. The Hall–Kier alpha value is -2.15. The molecule has 1 fully saturated rings. The van der Waals surface area contributed by atoms with E-state index in [-0.39, 0.29) is 5.91 Å². The number of furan rings is 1. The first kappa shape index (κ1) is 18.6. The van der Waals surface area contributed by atoms with Crippen molar-refractivity contribution >= 4 is 5.91 Å². The van der Waals surface area contributed by atoms with E-state index in [4.69, 9.17) is 8.94 Å². The SMILES string of the molecule is CCN(Cc1noc(C)n1)C1CCCN(C(=O)CCc2ccoc2)CC1. The van der Waals surface area contributed by atoms with Gasteiger partial charge in [-0.15, -0.1) is 0 Å². The zero-order valence-corrected chi connectivity index (χ0v) is 15.7. The molecular weight excluding hydrogens is 332 g/mol. The van der Waals surface area contributed by atoms with Crippen LogP contribution >= 0.6 is 0 Å². The largest absolute Gasteiger partial charge is 0.472 e. The van der Waals surface area contributed by atoms with Crippen LogP contribution in [0.5, 0.6) is 0 Å². The van der Waals surface area contributed by atoms with Crippen molar-refractivity contribution in [3.8, 4) is 0 Å². The first-order valence-corrected chi connectivity index (χ1v) is 9.47. The maximum absolute atomic E-state index is 12.5. The number of rotatable bonds is 7. The standard InChI is InChI=1S/C19H28N4O3/c1-3-22(13-18-20-15(2)26-21-18)17-5-4-10-23(11-8-17)19(24)7-6-16-9-12-25-14-16/h9,12,14,17H,3-8,10-11,13H2,1-2H3. The zero-order valence-electron chi connectivity index (χ0n) is 15.7. The van der Waals surface area contributed by atoms with Gasteiger partial charge in [0, 0.05) is 32.5 Å². The summed E-state index contributed by atoms with van der Waals surface area (Å²) >= 11 is 0. The normalized spacial score (nSPS) is 18.3. The van der Waals surface area contributed by atoms with Crippen molar-refractivity contribution < 1.29 is 13.7 Å². The van der Waals surface area contributed by atoms with E-state index in [1.165, 1.54) is 0 Å². The molecule has 0 aromatic carbocycles. The molecule has 26 heavy (non-hydrogen) atoms. The predicted molar refractivity (Wildman–Crippen MR) is 96.4 cm³/mol. The van der Waals surface area contributed by atoms with Gasteiger partial charge in [0.2, 0.25) is 11.8 Å². The molecule has 2 aromatic heterocycles. The lowest BCUT2D eigenvalue weighted by molar-refractivity contribution is -0.131. The van der Waals surface area contributed by atoms with E-state index in [1.54, 1.807) is 12.5 Å². The van der Waals surface area contributed by atoms with Crippen LogP contribution in [-0.4, -0.2) is 51.5 Å². The van der Waals surface area contributed by atoms with Crippen LogP contribution in [0.1, 0.15) is 49.9 Å². The average molecular weight is 360 g/mol. The van der Waals surface area contributed by atoms with Crippen molar-refractivity contribution in [1.29, 1.82) is 0 Å². The minimum atomic E-state index is 0.240. The molecule has 1 amide bonds. The van der Waals surface area contributed by atoms with Gasteiger partial charge in [-0.2, -0.15) is 4.98 Å². The highest BCUT2D eigenvalue weighted by molar-refractivity contribution is 5.76. The Morgan fingerprint density at radius 2 is 2.27 bits per heavy atom. The summed E-state index contributed by atoms with van der Waals surface area (Å²) < 4.78 is 10.1. The van der Waals surface area contributed by atoms with Crippen molar-refractivity contribution in [1.82, 2.24) is 19.9 Å². The number of nitrogens with zero attached hydrogens (tertiary/aromatic N) is 4. The fourth-order valence-corrected chi connectivity index (χ4v) is 3.62. The number of aromatic nitrogens is 2. The van der Waals surface area contributed by atoms with Crippen LogP contribution in [0.25, 0.3) is 0 Å². The lowest BCUT2D eigenvalue weighted by atomic mass is 10.1. The van der Waals surface area contributed by atoms with Gasteiger partial charge in [-0.3, -0.25) is 9.69 Å². The molecule has 0 spiro atoms.